The van der Waals surface area contributed by atoms with E-state index in [1.165, 1.54) is 16.7 Å². The summed E-state index contributed by atoms with van der Waals surface area (Å²) in [6, 6.07) is 8.29. The molecule has 1 atom stereocenters. The SMILES string of the molecule is Cc1ccc2c(c1C)N(C(C)OC=O)c1ncccc1C2. The average molecular weight is 282 g/mol. The maximum atomic E-state index is 10.8. The zero-order valence-corrected chi connectivity index (χ0v) is 12.5. The summed E-state index contributed by atoms with van der Waals surface area (Å²) in [6.07, 6.45) is 2.23. The van der Waals surface area contributed by atoms with Gasteiger partial charge in [-0.25, -0.2) is 4.98 Å². The van der Waals surface area contributed by atoms with Gasteiger partial charge in [0.2, 0.25) is 0 Å². The number of aryl methyl sites for hydroxylation is 1. The molecule has 2 aromatic rings. The Balaban J connectivity index is 2.22. The molecular weight excluding hydrogens is 264 g/mol. The number of rotatable bonds is 3. The molecule has 21 heavy (non-hydrogen) atoms. The Bertz CT molecular complexity index is 697. The van der Waals surface area contributed by atoms with Gasteiger partial charge in [-0.15, -0.1) is 0 Å². The van der Waals surface area contributed by atoms with Gasteiger partial charge in [0.05, 0.1) is 5.69 Å². The van der Waals surface area contributed by atoms with Crippen LogP contribution in [-0.2, 0) is 16.0 Å². The van der Waals surface area contributed by atoms with Crippen LogP contribution in [0.3, 0.4) is 0 Å². The minimum Gasteiger partial charge on any atom is -0.444 e. The lowest BCUT2D eigenvalue weighted by Crippen LogP contribution is -2.35. The second-order valence-electron chi connectivity index (χ2n) is 5.38. The highest BCUT2D eigenvalue weighted by molar-refractivity contribution is 5.75. The van der Waals surface area contributed by atoms with E-state index in [0.717, 1.165) is 23.5 Å². The van der Waals surface area contributed by atoms with Crippen LogP contribution in [0.2, 0.25) is 0 Å². The van der Waals surface area contributed by atoms with Crippen molar-refractivity contribution >= 4 is 18.0 Å². The topological polar surface area (TPSA) is 42.4 Å². The zero-order chi connectivity index (χ0) is 15.0. The standard InChI is InChI=1S/C17H18N2O2/c1-11-6-7-14-9-15-5-4-8-18-17(15)19(13(3)21-10-20)16(14)12(11)2/h4-8,10,13H,9H2,1-3H3. The number of benzene rings is 1. The Morgan fingerprint density at radius 1 is 1.29 bits per heavy atom. The van der Waals surface area contributed by atoms with Gasteiger partial charge in [0.15, 0.2) is 6.23 Å². The summed E-state index contributed by atoms with van der Waals surface area (Å²) in [4.78, 5) is 17.3. The molecule has 1 aromatic carbocycles. The van der Waals surface area contributed by atoms with Crippen LogP contribution in [0.25, 0.3) is 0 Å². The van der Waals surface area contributed by atoms with Crippen molar-refractivity contribution in [3.8, 4) is 0 Å². The first-order valence-electron chi connectivity index (χ1n) is 7.04. The van der Waals surface area contributed by atoms with Crippen LogP contribution < -0.4 is 4.90 Å². The summed E-state index contributed by atoms with van der Waals surface area (Å²) in [5, 5.41) is 0. The second-order valence-corrected chi connectivity index (χ2v) is 5.38. The van der Waals surface area contributed by atoms with Crippen molar-refractivity contribution in [2.75, 3.05) is 4.90 Å². The van der Waals surface area contributed by atoms with Crippen molar-refractivity contribution in [3.63, 3.8) is 0 Å². The van der Waals surface area contributed by atoms with E-state index in [0.29, 0.717) is 6.47 Å². The van der Waals surface area contributed by atoms with Crippen molar-refractivity contribution in [2.45, 2.75) is 33.4 Å². The Labute approximate surface area is 124 Å². The summed E-state index contributed by atoms with van der Waals surface area (Å²) < 4.78 is 5.20. The first-order chi connectivity index (χ1) is 10.1. The van der Waals surface area contributed by atoms with Crippen molar-refractivity contribution in [1.29, 1.82) is 0 Å². The van der Waals surface area contributed by atoms with Crippen molar-refractivity contribution in [2.24, 2.45) is 0 Å². The van der Waals surface area contributed by atoms with Crippen LogP contribution in [0, 0.1) is 13.8 Å². The maximum absolute atomic E-state index is 10.8. The number of aromatic nitrogens is 1. The van der Waals surface area contributed by atoms with Crippen LogP contribution in [0.5, 0.6) is 0 Å². The molecule has 0 bridgehead atoms. The first-order valence-corrected chi connectivity index (χ1v) is 7.04. The summed E-state index contributed by atoms with van der Waals surface area (Å²) >= 11 is 0. The van der Waals surface area contributed by atoms with Crippen LogP contribution >= 0.6 is 0 Å². The molecule has 1 unspecified atom stereocenters. The van der Waals surface area contributed by atoms with E-state index in [1.807, 2.05) is 17.9 Å². The number of nitrogens with zero attached hydrogens (tertiary/aromatic N) is 2. The lowest BCUT2D eigenvalue weighted by Gasteiger charge is -2.36. The third kappa shape index (κ3) is 2.17. The molecule has 108 valence electrons. The molecule has 0 N–H and O–H groups in total. The van der Waals surface area contributed by atoms with Gasteiger partial charge in [-0.3, -0.25) is 9.69 Å². The van der Waals surface area contributed by atoms with Crippen LogP contribution in [0.1, 0.15) is 29.2 Å². The fourth-order valence-corrected chi connectivity index (χ4v) is 2.93. The Morgan fingerprint density at radius 3 is 2.86 bits per heavy atom. The average Bonchev–Trinajstić information content (AvgIpc) is 2.49. The molecular formula is C17H18N2O2. The molecule has 2 heterocycles. The highest BCUT2D eigenvalue weighted by atomic mass is 16.5. The Kier molecular flexibility index (Phi) is 3.37. The minimum absolute atomic E-state index is 0.393. The smallest absolute Gasteiger partial charge is 0.295 e. The van der Waals surface area contributed by atoms with Crippen molar-refractivity contribution < 1.29 is 9.53 Å². The lowest BCUT2D eigenvalue weighted by atomic mass is 9.93. The van der Waals surface area contributed by atoms with Gasteiger partial charge < -0.3 is 4.74 Å². The number of ether oxygens (including phenoxy) is 1. The van der Waals surface area contributed by atoms with Crippen LogP contribution in [0.15, 0.2) is 30.5 Å². The van der Waals surface area contributed by atoms with Crippen LogP contribution in [0.4, 0.5) is 11.5 Å². The highest BCUT2D eigenvalue weighted by Crippen LogP contribution is 2.41. The maximum Gasteiger partial charge on any atom is 0.295 e. The van der Waals surface area contributed by atoms with E-state index in [9.17, 15) is 4.79 Å². The Hall–Kier alpha value is -2.36. The molecule has 0 amide bonds. The molecule has 0 radical (unpaired) electrons. The monoisotopic (exact) mass is 282 g/mol. The van der Waals surface area contributed by atoms with E-state index in [2.05, 4.69) is 37.0 Å². The fraction of sp³-hybridized carbons (Fsp3) is 0.294. The van der Waals surface area contributed by atoms with Gasteiger partial charge in [-0.05, 0) is 49.1 Å². The number of anilines is 2. The molecule has 0 aliphatic carbocycles. The van der Waals surface area contributed by atoms with Gasteiger partial charge in [0.25, 0.3) is 6.47 Å². The van der Waals surface area contributed by atoms with Gasteiger partial charge in [0.1, 0.15) is 5.82 Å². The third-order valence-corrected chi connectivity index (χ3v) is 4.12. The molecule has 0 saturated heterocycles. The number of pyridine rings is 1. The van der Waals surface area contributed by atoms with Gasteiger partial charge in [0, 0.05) is 12.6 Å². The minimum atomic E-state index is -0.393. The summed E-state index contributed by atoms with van der Waals surface area (Å²) in [6.45, 7) is 6.55. The van der Waals surface area contributed by atoms with E-state index in [4.69, 9.17) is 4.74 Å². The van der Waals surface area contributed by atoms with Gasteiger partial charge >= 0.3 is 0 Å². The van der Waals surface area contributed by atoms with Crippen molar-refractivity contribution in [3.05, 3.63) is 52.7 Å². The number of fused-ring (bicyclic) bond motifs is 2. The molecule has 0 spiro atoms. The summed E-state index contributed by atoms with van der Waals surface area (Å²) in [7, 11) is 0. The largest absolute Gasteiger partial charge is 0.444 e. The van der Waals surface area contributed by atoms with Crippen molar-refractivity contribution in [1.82, 2.24) is 4.98 Å². The molecule has 3 rings (SSSR count). The lowest BCUT2D eigenvalue weighted by molar-refractivity contribution is -0.132. The van der Waals surface area contributed by atoms with Gasteiger partial charge in [-0.1, -0.05) is 18.2 Å². The molecule has 4 nitrogen and oxygen atoms in total. The molecule has 0 fully saturated rings. The quantitative estimate of drug-likeness (QED) is 0.810. The molecule has 1 aromatic heterocycles. The predicted octanol–water partition coefficient (Wildman–Crippen LogP) is 3.26. The number of carbonyl (C=O) groups is 1. The first kappa shape index (κ1) is 13.6. The Morgan fingerprint density at radius 2 is 2.10 bits per heavy atom. The molecule has 1 aliphatic heterocycles. The van der Waals surface area contributed by atoms with E-state index >= 15 is 0 Å². The third-order valence-electron chi connectivity index (χ3n) is 4.12. The molecule has 0 saturated carbocycles. The number of hydrogen-bond acceptors (Lipinski definition) is 4. The second kappa shape index (κ2) is 5.20. The number of carbonyl (C=O) groups excluding carboxylic acids is 1. The number of hydrogen-bond donors (Lipinski definition) is 0. The van der Waals surface area contributed by atoms with Crippen LogP contribution in [-0.4, -0.2) is 17.7 Å². The molecule has 1 aliphatic rings. The van der Waals surface area contributed by atoms with Gasteiger partial charge in [-0.2, -0.15) is 0 Å². The predicted molar refractivity (Wildman–Crippen MR) is 81.7 cm³/mol. The van der Waals surface area contributed by atoms with E-state index in [1.54, 1.807) is 6.20 Å². The molecule has 4 heteroatoms. The summed E-state index contributed by atoms with van der Waals surface area (Å²) in [5.41, 5.74) is 5.91. The van der Waals surface area contributed by atoms with E-state index in [-0.39, 0.29) is 0 Å². The van der Waals surface area contributed by atoms with E-state index < -0.39 is 6.23 Å². The summed E-state index contributed by atoms with van der Waals surface area (Å²) in [5.74, 6) is 0.869. The fourth-order valence-electron chi connectivity index (χ4n) is 2.93. The normalized spacial score (nSPS) is 14.1. The highest BCUT2D eigenvalue weighted by Gasteiger charge is 2.29. The zero-order valence-electron chi connectivity index (χ0n) is 12.5.